The van der Waals surface area contributed by atoms with Crippen molar-refractivity contribution in [1.29, 1.82) is 0 Å². The molecule has 0 saturated heterocycles. The van der Waals surface area contributed by atoms with Crippen molar-refractivity contribution in [3.63, 3.8) is 0 Å². The summed E-state index contributed by atoms with van der Waals surface area (Å²) in [7, 11) is -4.00. The Morgan fingerprint density at radius 2 is 1.88 bits per heavy atom. The van der Waals surface area contributed by atoms with Crippen molar-refractivity contribution in [2.45, 2.75) is 4.90 Å². The van der Waals surface area contributed by atoms with Gasteiger partial charge in [0.15, 0.2) is 0 Å². The molecule has 0 fully saturated rings. The Morgan fingerprint density at radius 1 is 1.09 bits per heavy atom. The second kappa shape index (κ2) is 8.06. The van der Waals surface area contributed by atoms with Gasteiger partial charge in [0.1, 0.15) is 17.9 Å². The minimum Gasteiger partial charge on any atom is -0.275 e. The molecule has 4 aromatic rings. The highest BCUT2D eigenvalue weighted by atomic mass is 32.2. The van der Waals surface area contributed by atoms with Crippen molar-refractivity contribution >= 4 is 39.2 Å². The maximum atomic E-state index is 13.5. The highest BCUT2D eigenvalue weighted by molar-refractivity contribution is 7.93. The van der Waals surface area contributed by atoms with Gasteiger partial charge in [-0.15, -0.1) is 11.3 Å². The van der Waals surface area contributed by atoms with E-state index in [1.165, 1.54) is 23.6 Å². The molecule has 160 valence electrons. The number of fused-ring (bicyclic) bond motifs is 3. The first-order valence-corrected chi connectivity index (χ1v) is 12.0. The topological polar surface area (TPSA) is 108 Å². The van der Waals surface area contributed by atoms with Gasteiger partial charge in [0.25, 0.3) is 15.9 Å². The van der Waals surface area contributed by atoms with Gasteiger partial charge in [-0.25, -0.2) is 13.8 Å². The van der Waals surface area contributed by atoms with Gasteiger partial charge < -0.3 is 0 Å². The first-order valence-electron chi connectivity index (χ1n) is 9.67. The van der Waals surface area contributed by atoms with Gasteiger partial charge in [-0.1, -0.05) is 54.6 Å². The largest absolute Gasteiger partial charge is 0.275 e. The predicted molar refractivity (Wildman–Crippen MR) is 124 cm³/mol. The fourth-order valence-electron chi connectivity index (χ4n) is 3.56. The zero-order chi connectivity index (χ0) is 22.1. The maximum Gasteiger partial charge on any atom is 0.265 e. The minimum atomic E-state index is -4.00. The summed E-state index contributed by atoms with van der Waals surface area (Å²) >= 11 is 1.47. The Balaban J connectivity index is 1.55. The molecule has 3 heterocycles. The molecule has 0 unspecified atom stereocenters. The molecule has 32 heavy (non-hydrogen) atoms. The second-order valence-electron chi connectivity index (χ2n) is 6.98. The predicted octanol–water partition coefficient (Wildman–Crippen LogP) is 3.46. The van der Waals surface area contributed by atoms with E-state index in [-0.39, 0.29) is 4.90 Å². The molecule has 0 atom stereocenters. The Bertz CT molecular complexity index is 1400. The lowest BCUT2D eigenvalue weighted by Gasteiger charge is -2.29. The monoisotopic (exact) mass is 463 g/mol. The van der Waals surface area contributed by atoms with Gasteiger partial charge in [0.05, 0.1) is 16.8 Å². The van der Waals surface area contributed by atoms with Gasteiger partial charge in [0, 0.05) is 16.0 Å². The number of nitrogens with one attached hydrogen (secondary N) is 2. The third-order valence-electron chi connectivity index (χ3n) is 4.97. The molecule has 0 saturated carbocycles. The number of benzene rings is 2. The highest BCUT2D eigenvalue weighted by Gasteiger charge is 2.39. The van der Waals surface area contributed by atoms with Crippen LogP contribution in [-0.4, -0.2) is 37.3 Å². The van der Waals surface area contributed by atoms with Gasteiger partial charge in [-0.3, -0.25) is 14.2 Å². The van der Waals surface area contributed by atoms with Crippen LogP contribution in [0.2, 0.25) is 0 Å². The van der Waals surface area contributed by atoms with Gasteiger partial charge >= 0.3 is 0 Å². The average molecular weight is 464 g/mol. The van der Waals surface area contributed by atoms with Crippen molar-refractivity contribution in [2.75, 3.05) is 10.8 Å². The number of aromatic nitrogens is 2. The number of carbonyl (C=O) groups excluding carboxylic acids is 1. The van der Waals surface area contributed by atoms with E-state index in [1.54, 1.807) is 18.2 Å². The van der Waals surface area contributed by atoms with Gasteiger partial charge in [-0.05, 0) is 17.5 Å². The fourth-order valence-corrected chi connectivity index (χ4v) is 5.79. The van der Waals surface area contributed by atoms with E-state index in [0.717, 1.165) is 14.7 Å². The zero-order valence-electron chi connectivity index (χ0n) is 16.6. The molecule has 1 amide bonds. The number of aromatic amines is 1. The van der Waals surface area contributed by atoms with E-state index in [2.05, 4.69) is 20.7 Å². The molecule has 10 heteroatoms. The summed E-state index contributed by atoms with van der Waals surface area (Å²) in [5.41, 5.74) is 5.01. The van der Waals surface area contributed by atoms with Crippen LogP contribution < -0.4 is 9.73 Å². The molecule has 2 aromatic heterocycles. The SMILES string of the molecule is O=C(CN1c2c(-c3ccccc3)n[nH]c2-c2ccccc2S1(=O)=O)N/N=C/c1cccs1. The van der Waals surface area contributed by atoms with E-state index in [1.807, 2.05) is 47.8 Å². The van der Waals surface area contributed by atoms with E-state index < -0.39 is 22.5 Å². The number of H-pyrrole nitrogens is 1. The number of thiophene rings is 1. The van der Waals surface area contributed by atoms with Crippen molar-refractivity contribution in [3.8, 4) is 22.5 Å². The van der Waals surface area contributed by atoms with Crippen LogP contribution in [0.1, 0.15) is 4.88 Å². The quantitative estimate of drug-likeness (QED) is 0.349. The lowest BCUT2D eigenvalue weighted by atomic mass is 10.1. The number of carbonyl (C=O) groups is 1. The lowest BCUT2D eigenvalue weighted by molar-refractivity contribution is -0.119. The number of anilines is 1. The minimum absolute atomic E-state index is 0.116. The summed E-state index contributed by atoms with van der Waals surface area (Å²) in [5.74, 6) is -0.563. The number of nitrogens with zero attached hydrogens (tertiary/aromatic N) is 3. The Hall–Kier alpha value is -3.76. The molecule has 5 rings (SSSR count). The molecular weight excluding hydrogens is 446 g/mol. The van der Waals surface area contributed by atoms with Crippen LogP contribution in [0, 0.1) is 0 Å². The van der Waals surface area contributed by atoms with Crippen LogP contribution in [0.25, 0.3) is 22.5 Å². The maximum absolute atomic E-state index is 13.5. The van der Waals surface area contributed by atoms with Crippen LogP contribution in [0.5, 0.6) is 0 Å². The smallest absolute Gasteiger partial charge is 0.265 e. The number of amides is 1. The third kappa shape index (κ3) is 3.49. The molecule has 0 aliphatic carbocycles. The van der Waals surface area contributed by atoms with Crippen molar-refractivity contribution in [3.05, 3.63) is 77.0 Å². The molecule has 1 aliphatic heterocycles. The molecule has 2 N–H and O–H groups in total. The number of hydrogen-bond donors (Lipinski definition) is 2. The molecule has 2 aromatic carbocycles. The normalized spacial score (nSPS) is 14.2. The average Bonchev–Trinajstić information content (AvgIpc) is 3.48. The summed E-state index contributed by atoms with van der Waals surface area (Å²) < 4.78 is 28.1. The lowest BCUT2D eigenvalue weighted by Crippen LogP contribution is -2.41. The molecule has 1 aliphatic rings. The zero-order valence-corrected chi connectivity index (χ0v) is 18.2. The van der Waals surface area contributed by atoms with Crippen LogP contribution in [0.4, 0.5) is 5.69 Å². The molecule has 0 spiro atoms. The molecule has 0 bridgehead atoms. The van der Waals surface area contributed by atoms with Crippen molar-refractivity contribution in [2.24, 2.45) is 5.10 Å². The number of sulfonamides is 1. The summed E-state index contributed by atoms with van der Waals surface area (Å²) in [6.45, 7) is -0.440. The highest BCUT2D eigenvalue weighted by Crippen LogP contribution is 2.46. The number of hydrazone groups is 1. The van der Waals surface area contributed by atoms with E-state index in [0.29, 0.717) is 22.6 Å². The Labute approximate surface area is 188 Å². The van der Waals surface area contributed by atoms with Crippen molar-refractivity contribution in [1.82, 2.24) is 15.6 Å². The molecule has 8 nitrogen and oxygen atoms in total. The van der Waals surface area contributed by atoms with Crippen LogP contribution >= 0.6 is 11.3 Å². The van der Waals surface area contributed by atoms with E-state index in [4.69, 9.17) is 0 Å². The van der Waals surface area contributed by atoms with E-state index in [9.17, 15) is 13.2 Å². The second-order valence-corrected chi connectivity index (χ2v) is 9.79. The molecule has 0 radical (unpaired) electrons. The summed E-state index contributed by atoms with van der Waals surface area (Å²) in [6.07, 6.45) is 1.52. The molecular formula is C22H17N5O3S2. The van der Waals surface area contributed by atoms with Gasteiger partial charge in [0.2, 0.25) is 0 Å². The first-order chi connectivity index (χ1) is 15.6. The van der Waals surface area contributed by atoms with Crippen LogP contribution in [0.3, 0.4) is 0 Å². The van der Waals surface area contributed by atoms with Crippen molar-refractivity contribution < 1.29 is 13.2 Å². The standard InChI is InChI=1S/C22H17N5O3S2/c28-19(24-23-13-16-9-6-12-31-16)14-27-22-20(15-7-2-1-3-8-15)25-26-21(22)17-10-4-5-11-18(17)32(27,29)30/h1-13H,14H2,(H,24,28)(H,25,26)/b23-13+. The van der Waals surface area contributed by atoms with Gasteiger partial charge in [-0.2, -0.15) is 10.2 Å². The van der Waals surface area contributed by atoms with Crippen LogP contribution in [-0.2, 0) is 14.8 Å². The third-order valence-corrected chi connectivity index (χ3v) is 7.58. The Kier molecular flexibility index (Phi) is 5.08. The summed E-state index contributed by atoms with van der Waals surface area (Å²) in [4.78, 5) is 13.6. The van der Waals surface area contributed by atoms with Crippen LogP contribution in [0.15, 0.2) is 82.1 Å². The van der Waals surface area contributed by atoms with E-state index >= 15 is 0 Å². The fraction of sp³-hybridized carbons (Fsp3) is 0.0455. The number of rotatable bonds is 5. The summed E-state index contributed by atoms with van der Waals surface area (Å²) in [5, 5.41) is 13.2. The number of hydrogen-bond acceptors (Lipinski definition) is 6. The summed E-state index contributed by atoms with van der Waals surface area (Å²) in [6, 6.07) is 19.6. The first kappa shape index (κ1) is 20.2. The Morgan fingerprint density at radius 3 is 2.66 bits per heavy atom.